The van der Waals surface area contributed by atoms with Crippen molar-refractivity contribution in [2.75, 3.05) is 0 Å². The first-order chi connectivity index (χ1) is 12.8. The van der Waals surface area contributed by atoms with Crippen molar-refractivity contribution >= 4 is 41.4 Å². The van der Waals surface area contributed by atoms with Crippen LogP contribution in [0.15, 0.2) is 47.6 Å². The van der Waals surface area contributed by atoms with Crippen LogP contribution in [0.3, 0.4) is 0 Å². The third-order valence-electron chi connectivity index (χ3n) is 4.37. The number of phenols is 1. The first-order valence-corrected chi connectivity index (χ1v) is 8.98. The zero-order chi connectivity index (χ0) is 19.6. The second-order valence-corrected chi connectivity index (χ2v) is 7.28. The number of hydrogen-bond acceptors (Lipinski definition) is 4. The summed E-state index contributed by atoms with van der Waals surface area (Å²) < 4.78 is 0. The van der Waals surface area contributed by atoms with E-state index in [0.29, 0.717) is 17.9 Å². The van der Waals surface area contributed by atoms with Crippen molar-refractivity contribution < 1.29 is 14.7 Å². The van der Waals surface area contributed by atoms with Gasteiger partial charge < -0.3 is 10.4 Å². The lowest BCUT2D eigenvalue weighted by atomic mass is 9.93. The van der Waals surface area contributed by atoms with Gasteiger partial charge in [0.05, 0.1) is 11.2 Å². The minimum Gasteiger partial charge on any atom is -0.506 e. The minimum atomic E-state index is -1.06. The zero-order valence-electron chi connectivity index (χ0n) is 14.4. The van der Waals surface area contributed by atoms with Gasteiger partial charge in [-0.3, -0.25) is 4.79 Å². The number of nitrogens with zero attached hydrogens (tertiary/aromatic N) is 2. The Morgan fingerprint density at radius 1 is 1.22 bits per heavy atom. The number of aromatic hydroxyl groups is 1. The van der Waals surface area contributed by atoms with Gasteiger partial charge in [0.2, 0.25) is 0 Å². The molecule has 6 nitrogen and oxygen atoms in total. The molecule has 8 heteroatoms. The van der Waals surface area contributed by atoms with Gasteiger partial charge in [0.25, 0.3) is 5.91 Å². The summed E-state index contributed by atoms with van der Waals surface area (Å²) in [4.78, 5) is 24.9. The second kappa shape index (κ2) is 7.58. The standard InChI is InChI=1S/C19H17Cl2N3O3/c1-19(8-7-12-5-3-2-4-6-12)17(26)24(18(27)23-19)22-11-13-9-14(20)10-15(21)16(13)25/h2-6,9-11,25H,7-8H2,1H3,(H,23,27)/b22-11+/t19-/m0/s1. The quantitative estimate of drug-likeness (QED) is 0.582. The molecular weight excluding hydrogens is 389 g/mol. The average molecular weight is 406 g/mol. The molecule has 0 saturated carbocycles. The number of imide groups is 1. The van der Waals surface area contributed by atoms with Crippen molar-refractivity contribution in [3.05, 3.63) is 63.6 Å². The van der Waals surface area contributed by atoms with Crippen LogP contribution in [0.4, 0.5) is 4.79 Å². The van der Waals surface area contributed by atoms with E-state index in [0.717, 1.165) is 10.6 Å². The van der Waals surface area contributed by atoms with Crippen LogP contribution in [0.2, 0.25) is 10.0 Å². The van der Waals surface area contributed by atoms with Gasteiger partial charge in [0.1, 0.15) is 11.3 Å². The van der Waals surface area contributed by atoms with E-state index in [4.69, 9.17) is 23.2 Å². The monoisotopic (exact) mass is 405 g/mol. The van der Waals surface area contributed by atoms with Gasteiger partial charge in [-0.05, 0) is 37.5 Å². The molecule has 0 aromatic heterocycles. The van der Waals surface area contributed by atoms with Crippen molar-refractivity contribution in [1.82, 2.24) is 10.3 Å². The van der Waals surface area contributed by atoms with Crippen LogP contribution < -0.4 is 5.32 Å². The van der Waals surface area contributed by atoms with Crippen molar-refractivity contribution in [2.45, 2.75) is 25.3 Å². The van der Waals surface area contributed by atoms with Crippen LogP contribution in [0, 0.1) is 0 Å². The number of urea groups is 1. The maximum Gasteiger partial charge on any atom is 0.346 e. The summed E-state index contributed by atoms with van der Waals surface area (Å²) in [6.07, 6.45) is 2.24. The van der Waals surface area contributed by atoms with Crippen molar-refractivity contribution in [1.29, 1.82) is 0 Å². The van der Waals surface area contributed by atoms with E-state index in [-0.39, 0.29) is 16.3 Å². The molecule has 140 valence electrons. The van der Waals surface area contributed by atoms with E-state index in [2.05, 4.69) is 10.4 Å². The van der Waals surface area contributed by atoms with E-state index in [9.17, 15) is 14.7 Å². The lowest BCUT2D eigenvalue weighted by molar-refractivity contribution is -0.130. The topological polar surface area (TPSA) is 82.0 Å². The molecule has 1 fully saturated rings. The highest BCUT2D eigenvalue weighted by Crippen LogP contribution is 2.30. The lowest BCUT2D eigenvalue weighted by Crippen LogP contribution is -2.44. The van der Waals surface area contributed by atoms with Crippen LogP contribution in [0.5, 0.6) is 5.75 Å². The molecule has 2 aromatic carbocycles. The Morgan fingerprint density at radius 2 is 1.93 bits per heavy atom. The molecule has 1 heterocycles. The summed E-state index contributed by atoms with van der Waals surface area (Å²) >= 11 is 11.8. The molecule has 0 aliphatic carbocycles. The van der Waals surface area contributed by atoms with Gasteiger partial charge in [-0.25, -0.2) is 4.79 Å². The maximum absolute atomic E-state index is 12.7. The largest absolute Gasteiger partial charge is 0.506 e. The van der Waals surface area contributed by atoms with Crippen molar-refractivity contribution in [2.24, 2.45) is 5.10 Å². The maximum atomic E-state index is 12.7. The number of carbonyl (C=O) groups excluding carboxylic acids is 2. The Kier molecular flexibility index (Phi) is 5.39. The van der Waals surface area contributed by atoms with Gasteiger partial charge in [0.15, 0.2) is 0 Å². The predicted molar refractivity (Wildman–Crippen MR) is 104 cm³/mol. The smallest absolute Gasteiger partial charge is 0.346 e. The molecule has 0 radical (unpaired) electrons. The van der Waals surface area contributed by atoms with E-state index < -0.39 is 17.5 Å². The van der Waals surface area contributed by atoms with E-state index in [1.54, 1.807) is 6.92 Å². The number of hydrogen-bond donors (Lipinski definition) is 2. The number of benzene rings is 2. The number of amides is 3. The molecule has 1 aliphatic heterocycles. The van der Waals surface area contributed by atoms with Crippen LogP contribution in [0.1, 0.15) is 24.5 Å². The van der Waals surface area contributed by atoms with Gasteiger partial charge in [-0.2, -0.15) is 5.10 Å². The molecule has 2 N–H and O–H groups in total. The van der Waals surface area contributed by atoms with Crippen LogP contribution in [-0.2, 0) is 11.2 Å². The highest BCUT2D eigenvalue weighted by molar-refractivity contribution is 6.36. The Balaban J connectivity index is 1.76. The van der Waals surface area contributed by atoms with Gasteiger partial charge in [0, 0.05) is 10.6 Å². The van der Waals surface area contributed by atoms with E-state index >= 15 is 0 Å². The first kappa shape index (κ1) is 19.2. The molecule has 0 bridgehead atoms. The van der Waals surface area contributed by atoms with E-state index in [1.807, 2.05) is 30.3 Å². The fraction of sp³-hybridized carbons (Fsp3) is 0.211. The molecule has 1 atom stereocenters. The Bertz CT molecular complexity index is 918. The zero-order valence-corrected chi connectivity index (χ0v) is 16.0. The van der Waals surface area contributed by atoms with Gasteiger partial charge in [-0.15, -0.1) is 5.01 Å². The molecular formula is C19H17Cl2N3O3. The highest BCUT2D eigenvalue weighted by atomic mass is 35.5. The Labute approximate surface area is 166 Å². The van der Waals surface area contributed by atoms with Gasteiger partial charge in [-0.1, -0.05) is 53.5 Å². The van der Waals surface area contributed by atoms with E-state index in [1.165, 1.54) is 18.3 Å². The third-order valence-corrected chi connectivity index (χ3v) is 4.87. The number of phenolic OH excluding ortho intramolecular Hbond substituents is 1. The number of halogens is 2. The number of rotatable bonds is 5. The third kappa shape index (κ3) is 4.07. The van der Waals surface area contributed by atoms with Crippen LogP contribution in [0.25, 0.3) is 0 Å². The fourth-order valence-corrected chi connectivity index (χ4v) is 3.30. The second-order valence-electron chi connectivity index (χ2n) is 6.43. The summed E-state index contributed by atoms with van der Waals surface area (Å²) in [7, 11) is 0. The number of aryl methyl sites for hydroxylation is 1. The number of carbonyl (C=O) groups is 2. The summed E-state index contributed by atoms with van der Waals surface area (Å²) in [6, 6.07) is 11.9. The molecule has 1 saturated heterocycles. The lowest BCUT2D eigenvalue weighted by Gasteiger charge is -2.20. The fourth-order valence-electron chi connectivity index (χ4n) is 2.79. The molecule has 2 aromatic rings. The molecule has 1 aliphatic rings. The minimum absolute atomic E-state index is 0.0499. The normalized spacial score (nSPS) is 19.7. The average Bonchev–Trinajstić information content (AvgIpc) is 2.85. The van der Waals surface area contributed by atoms with Crippen molar-refractivity contribution in [3.8, 4) is 5.75 Å². The van der Waals surface area contributed by atoms with Crippen LogP contribution in [-0.4, -0.2) is 33.8 Å². The predicted octanol–water partition coefficient (Wildman–Crippen LogP) is 3.98. The summed E-state index contributed by atoms with van der Waals surface area (Å²) in [5.41, 5.74) is 0.213. The molecule has 0 unspecified atom stereocenters. The molecule has 3 rings (SSSR count). The number of nitrogens with one attached hydrogen (secondary N) is 1. The number of hydrazone groups is 1. The Hall–Kier alpha value is -2.57. The van der Waals surface area contributed by atoms with Crippen molar-refractivity contribution in [3.63, 3.8) is 0 Å². The Morgan fingerprint density at radius 3 is 2.63 bits per heavy atom. The summed E-state index contributed by atoms with van der Waals surface area (Å²) in [5.74, 6) is -0.698. The molecule has 27 heavy (non-hydrogen) atoms. The van der Waals surface area contributed by atoms with Crippen LogP contribution >= 0.6 is 23.2 Å². The molecule has 0 spiro atoms. The summed E-state index contributed by atoms with van der Waals surface area (Å²) in [6.45, 7) is 1.67. The first-order valence-electron chi connectivity index (χ1n) is 8.23. The van der Waals surface area contributed by atoms with Gasteiger partial charge >= 0.3 is 6.03 Å². The highest BCUT2D eigenvalue weighted by Gasteiger charge is 2.47. The summed E-state index contributed by atoms with van der Waals surface area (Å²) in [5, 5.41) is 17.7. The SMILES string of the molecule is C[C@@]1(CCc2ccccc2)NC(=O)N(/N=C/c2cc(Cl)cc(Cl)c2O)C1=O. The molecule has 3 amide bonds.